The summed E-state index contributed by atoms with van der Waals surface area (Å²) in [5.74, 6) is -1.88. The number of Topliss-reactive ketones (excluding diaryl/α,β-unsaturated/α-hetero) is 1. The van der Waals surface area contributed by atoms with Crippen LogP contribution in [0.5, 0.6) is 5.75 Å². The number of imide groups is 1. The Kier molecular flexibility index (Phi) is 6.93. The molecule has 0 aromatic heterocycles. The van der Waals surface area contributed by atoms with Crippen molar-refractivity contribution in [1.82, 2.24) is 0 Å². The Morgan fingerprint density at radius 1 is 0.829 bits per heavy atom. The number of nitrogens with one attached hydrogen (secondary N) is 1. The van der Waals surface area contributed by atoms with Gasteiger partial charge < -0.3 is 10.1 Å². The van der Waals surface area contributed by atoms with Crippen LogP contribution >= 0.6 is 34.8 Å². The Morgan fingerprint density at radius 2 is 1.46 bits per heavy atom. The lowest BCUT2D eigenvalue weighted by Gasteiger charge is -2.17. The second-order valence-electron chi connectivity index (χ2n) is 7.38. The van der Waals surface area contributed by atoms with Crippen molar-refractivity contribution in [2.24, 2.45) is 0 Å². The summed E-state index contributed by atoms with van der Waals surface area (Å²) in [7, 11) is 0. The number of halogens is 3. The molecule has 10 heteroatoms. The molecule has 1 aliphatic rings. The van der Waals surface area contributed by atoms with Crippen LogP contribution in [0.2, 0.25) is 10.0 Å². The largest absolute Gasteiger partial charge is 0.423 e. The average molecular weight is 530 g/mol. The molecule has 176 valence electrons. The van der Waals surface area contributed by atoms with Crippen molar-refractivity contribution in [3.8, 4) is 5.75 Å². The number of amides is 2. The van der Waals surface area contributed by atoms with Crippen molar-refractivity contribution in [3.63, 3.8) is 0 Å². The number of hydrogen-bond acceptors (Lipinski definition) is 6. The van der Waals surface area contributed by atoms with Crippen molar-refractivity contribution in [3.05, 3.63) is 98.6 Å². The first-order chi connectivity index (χ1) is 16.7. The quantitative estimate of drug-likeness (QED) is 0.186. The van der Waals surface area contributed by atoms with Crippen LogP contribution in [0, 0.1) is 0 Å². The third-order valence-corrected chi connectivity index (χ3v) is 6.22. The molecule has 3 aromatic carbocycles. The molecule has 0 spiro atoms. The first kappa shape index (κ1) is 24.5. The molecule has 1 N–H and O–H groups in total. The minimum Gasteiger partial charge on any atom is -0.423 e. The van der Waals surface area contributed by atoms with E-state index in [1.54, 1.807) is 18.2 Å². The van der Waals surface area contributed by atoms with Crippen LogP contribution in [0.25, 0.3) is 0 Å². The standard InChI is InChI=1S/C25H15Cl3N2O5/c1-13(31)14-7-11-17(12-8-14)35-25(34)15-5-9-16(10-6-15)29-22-21(28)23(32)30(24(22)33)19-4-2-3-18(26)20(19)27/h2-12,29H,1H3. The number of benzene rings is 3. The number of ether oxygens (including phenoxy) is 1. The summed E-state index contributed by atoms with van der Waals surface area (Å²) in [5.41, 5.74) is 1.12. The van der Waals surface area contributed by atoms with Crippen molar-refractivity contribution in [2.75, 3.05) is 10.2 Å². The summed E-state index contributed by atoms with van der Waals surface area (Å²) in [6.07, 6.45) is 0. The Labute approximate surface area is 214 Å². The van der Waals surface area contributed by atoms with Crippen LogP contribution in [-0.2, 0) is 9.59 Å². The molecular formula is C25H15Cl3N2O5. The van der Waals surface area contributed by atoms with E-state index >= 15 is 0 Å². The molecule has 4 rings (SSSR count). The zero-order chi connectivity index (χ0) is 25.3. The molecule has 3 aromatic rings. The molecule has 0 atom stereocenters. The van der Waals surface area contributed by atoms with Gasteiger partial charge >= 0.3 is 5.97 Å². The summed E-state index contributed by atoms with van der Waals surface area (Å²) in [5, 5.41) is 2.72. The summed E-state index contributed by atoms with van der Waals surface area (Å²) >= 11 is 18.3. The monoisotopic (exact) mass is 528 g/mol. The Bertz CT molecular complexity index is 1400. The number of nitrogens with zero attached hydrogens (tertiary/aromatic N) is 1. The van der Waals surface area contributed by atoms with E-state index in [4.69, 9.17) is 39.5 Å². The van der Waals surface area contributed by atoms with Crippen LogP contribution in [0.4, 0.5) is 11.4 Å². The van der Waals surface area contributed by atoms with E-state index in [9.17, 15) is 19.2 Å². The molecule has 7 nitrogen and oxygen atoms in total. The highest BCUT2D eigenvalue weighted by atomic mass is 35.5. The predicted molar refractivity (Wildman–Crippen MR) is 133 cm³/mol. The fourth-order valence-corrected chi connectivity index (χ4v) is 3.85. The van der Waals surface area contributed by atoms with E-state index in [2.05, 4.69) is 5.32 Å². The lowest BCUT2D eigenvalue weighted by Crippen LogP contribution is -2.32. The fraction of sp³-hybridized carbons (Fsp3) is 0.0400. The zero-order valence-electron chi connectivity index (χ0n) is 18.0. The van der Waals surface area contributed by atoms with Gasteiger partial charge in [0, 0.05) is 11.3 Å². The van der Waals surface area contributed by atoms with E-state index in [-0.39, 0.29) is 43.6 Å². The minimum absolute atomic E-state index is 0.0420. The van der Waals surface area contributed by atoms with Crippen molar-refractivity contribution >= 4 is 69.7 Å². The van der Waals surface area contributed by atoms with Gasteiger partial charge in [0.05, 0.1) is 21.3 Å². The molecule has 2 amide bonds. The smallest absolute Gasteiger partial charge is 0.343 e. The molecule has 1 heterocycles. The van der Waals surface area contributed by atoms with Gasteiger partial charge in [-0.2, -0.15) is 0 Å². The van der Waals surface area contributed by atoms with Crippen LogP contribution in [0.3, 0.4) is 0 Å². The molecule has 0 fully saturated rings. The van der Waals surface area contributed by atoms with Crippen molar-refractivity contribution in [2.45, 2.75) is 6.92 Å². The number of hydrogen-bond donors (Lipinski definition) is 1. The van der Waals surface area contributed by atoms with E-state index < -0.39 is 17.8 Å². The van der Waals surface area contributed by atoms with Gasteiger partial charge in [0.2, 0.25) is 0 Å². The van der Waals surface area contributed by atoms with Crippen molar-refractivity contribution in [1.29, 1.82) is 0 Å². The van der Waals surface area contributed by atoms with E-state index in [0.717, 1.165) is 4.90 Å². The number of esters is 1. The van der Waals surface area contributed by atoms with Gasteiger partial charge in [-0.15, -0.1) is 0 Å². The fourth-order valence-electron chi connectivity index (χ4n) is 3.25. The molecule has 1 aliphatic heterocycles. The zero-order valence-corrected chi connectivity index (χ0v) is 20.2. The number of ketones is 1. The molecule has 0 radical (unpaired) electrons. The highest BCUT2D eigenvalue weighted by Gasteiger charge is 2.40. The van der Waals surface area contributed by atoms with Gasteiger partial charge in [0.1, 0.15) is 16.5 Å². The Hall–Kier alpha value is -3.65. The third kappa shape index (κ3) is 4.93. The van der Waals surface area contributed by atoms with Crippen LogP contribution < -0.4 is 15.0 Å². The number of anilines is 2. The first-order valence-electron chi connectivity index (χ1n) is 10.1. The van der Waals surface area contributed by atoms with Gasteiger partial charge in [-0.05, 0) is 67.6 Å². The van der Waals surface area contributed by atoms with Gasteiger partial charge in [-0.1, -0.05) is 40.9 Å². The molecule has 0 bridgehead atoms. The lowest BCUT2D eigenvalue weighted by molar-refractivity contribution is -0.120. The SMILES string of the molecule is CC(=O)c1ccc(OC(=O)c2ccc(NC3=C(Cl)C(=O)N(c4cccc(Cl)c4Cl)C3=O)cc2)cc1. The number of carbonyl (C=O) groups excluding carboxylic acids is 4. The normalized spacial score (nSPS) is 13.3. The summed E-state index contributed by atoms with van der Waals surface area (Å²) in [6, 6.07) is 16.8. The maximum atomic E-state index is 12.9. The summed E-state index contributed by atoms with van der Waals surface area (Å²) < 4.78 is 5.31. The molecular weight excluding hydrogens is 515 g/mol. The average Bonchev–Trinajstić information content (AvgIpc) is 3.05. The van der Waals surface area contributed by atoms with Gasteiger partial charge in [-0.25, -0.2) is 9.69 Å². The van der Waals surface area contributed by atoms with Crippen molar-refractivity contribution < 1.29 is 23.9 Å². The van der Waals surface area contributed by atoms with Gasteiger partial charge in [0.25, 0.3) is 11.8 Å². The van der Waals surface area contributed by atoms with Crippen LogP contribution in [0.15, 0.2) is 77.5 Å². The van der Waals surface area contributed by atoms with E-state index in [1.807, 2.05) is 0 Å². The molecule has 35 heavy (non-hydrogen) atoms. The second-order valence-corrected chi connectivity index (χ2v) is 8.54. The van der Waals surface area contributed by atoms with Gasteiger partial charge in [-0.3, -0.25) is 14.4 Å². The molecule has 0 saturated heterocycles. The highest BCUT2D eigenvalue weighted by molar-refractivity contribution is 6.54. The lowest BCUT2D eigenvalue weighted by atomic mass is 10.1. The van der Waals surface area contributed by atoms with E-state index in [0.29, 0.717) is 11.3 Å². The predicted octanol–water partition coefficient (Wildman–Crippen LogP) is 5.85. The van der Waals surface area contributed by atoms with Gasteiger partial charge in [0.15, 0.2) is 5.78 Å². The topological polar surface area (TPSA) is 92.8 Å². The second kappa shape index (κ2) is 9.92. The maximum absolute atomic E-state index is 12.9. The van der Waals surface area contributed by atoms with Crippen LogP contribution in [0.1, 0.15) is 27.6 Å². The van der Waals surface area contributed by atoms with Crippen LogP contribution in [-0.4, -0.2) is 23.6 Å². The number of carbonyl (C=O) groups is 4. The number of rotatable bonds is 6. The molecule has 0 aliphatic carbocycles. The molecule has 0 unspecified atom stereocenters. The third-order valence-electron chi connectivity index (χ3n) is 5.06. The first-order valence-corrected chi connectivity index (χ1v) is 11.2. The Morgan fingerprint density at radius 3 is 2.09 bits per heavy atom. The minimum atomic E-state index is -0.751. The Balaban J connectivity index is 1.47. The summed E-state index contributed by atoms with van der Waals surface area (Å²) in [6.45, 7) is 1.44. The van der Waals surface area contributed by atoms with E-state index in [1.165, 1.54) is 55.5 Å². The molecule has 0 saturated carbocycles. The highest BCUT2D eigenvalue weighted by Crippen LogP contribution is 2.37. The maximum Gasteiger partial charge on any atom is 0.343 e. The summed E-state index contributed by atoms with van der Waals surface area (Å²) in [4.78, 5) is 50.2.